The third-order valence-corrected chi connectivity index (χ3v) is 5.52. The van der Waals surface area contributed by atoms with Gasteiger partial charge in [0.05, 0.1) is 11.7 Å². The largest absolute Gasteiger partial charge is 0.370 e. The molecule has 2 heteroatoms. The predicted octanol–water partition coefficient (Wildman–Crippen LogP) is 4.00. The van der Waals surface area contributed by atoms with Gasteiger partial charge in [0, 0.05) is 6.54 Å². The van der Waals surface area contributed by atoms with Gasteiger partial charge in [0.15, 0.2) is 0 Å². The zero-order valence-electron chi connectivity index (χ0n) is 13.4. The van der Waals surface area contributed by atoms with Gasteiger partial charge in [0.25, 0.3) is 0 Å². The first kappa shape index (κ1) is 15.3. The number of nitrogens with one attached hydrogen (secondary N) is 1. The topological polar surface area (TPSA) is 21.3 Å². The highest BCUT2D eigenvalue weighted by Gasteiger charge is 2.38. The molecule has 112 valence electrons. The van der Waals surface area contributed by atoms with E-state index in [1.807, 2.05) is 0 Å². The third kappa shape index (κ3) is 3.95. The first-order valence-corrected chi connectivity index (χ1v) is 8.37. The molecule has 2 fully saturated rings. The summed E-state index contributed by atoms with van der Waals surface area (Å²) < 4.78 is 6.69. The van der Waals surface area contributed by atoms with Crippen LogP contribution in [0.15, 0.2) is 0 Å². The molecule has 0 aliphatic heterocycles. The summed E-state index contributed by atoms with van der Waals surface area (Å²) in [5.41, 5.74) is 0.122. The van der Waals surface area contributed by atoms with Gasteiger partial charge in [-0.15, -0.1) is 0 Å². The predicted molar refractivity (Wildman–Crippen MR) is 81.3 cm³/mol. The second-order valence-corrected chi connectivity index (χ2v) is 7.42. The van der Waals surface area contributed by atoms with Gasteiger partial charge in [-0.05, 0) is 56.9 Å². The summed E-state index contributed by atoms with van der Waals surface area (Å²) in [4.78, 5) is 0. The highest BCUT2D eigenvalue weighted by molar-refractivity contribution is 4.91. The van der Waals surface area contributed by atoms with Crippen LogP contribution in [0.5, 0.6) is 0 Å². The van der Waals surface area contributed by atoms with E-state index in [0.29, 0.717) is 6.10 Å². The molecule has 2 aliphatic carbocycles. The Bertz CT molecular complexity index is 276. The Morgan fingerprint density at radius 3 is 2.53 bits per heavy atom. The molecule has 2 nitrogen and oxygen atoms in total. The van der Waals surface area contributed by atoms with E-state index >= 15 is 0 Å². The molecular formula is C17H33NO. The molecule has 0 radical (unpaired) electrons. The van der Waals surface area contributed by atoms with Crippen LogP contribution in [-0.4, -0.2) is 25.3 Å². The Morgan fingerprint density at radius 2 is 1.89 bits per heavy atom. The van der Waals surface area contributed by atoms with E-state index in [0.717, 1.165) is 24.3 Å². The van der Waals surface area contributed by atoms with Crippen LogP contribution >= 0.6 is 0 Å². The Labute approximate surface area is 119 Å². The van der Waals surface area contributed by atoms with Gasteiger partial charge < -0.3 is 10.1 Å². The van der Waals surface area contributed by atoms with Crippen molar-refractivity contribution in [3.8, 4) is 0 Å². The molecule has 2 rings (SSSR count). The van der Waals surface area contributed by atoms with Crippen LogP contribution < -0.4 is 5.32 Å². The maximum Gasteiger partial charge on any atom is 0.0812 e. The molecule has 1 N–H and O–H groups in total. The van der Waals surface area contributed by atoms with E-state index in [2.05, 4.69) is 33.1 Å². The van der Waals surface area contributed by atoms with Crippen LogP contribution in [-0.2, 0) is 4.74 Å². The van der Waals surface area contributed by atoms with Crippen molar-refractivity contribution in [2.24, 2.45) is 17.8 Å². The smallest absolute Gasteiger partial charge is 0.0812 e. The average Bonchev–Trinajstić information content (AvgIpc) is 2.34. The SMILES string of the molecule is CNCC1(OC2CCC(C)C(C)C2)CCCC(C)C1. The van der Waals surface area contributed by atoms with Crippen LogP contribution in [0.1, 0.15) is 65.7 Å². The molecule has 0 aromatic heterocycles. The summed E-state index contributed by atoms with van der Waals surface area (Å²) in [5, 5.41) is 3.38. The van der Waals surface area contributed by atoms with Crippen molar-refractivity contribution >= 4 is 0 Å². The lowest BCUT2D eigenvalue weighted by Gasteiger charge is -2.44. The minimum Gasteiger partial charge on any atom is -0.370 e. The van der Waals surface area contributed by atoms with E-state index in [-0.39, 0.29) is 5.60 Å². The van der Waals surface area contributed by atoms with Gasteiger partial charge in [-0.1, -0.05) is 33.6 Å². The average molecular weight is 267 g/mol. The van der Waals surface area contributed by atoms with Gasteiger partial charge in [0.2, 0.25) is 0 Å². The molecule has 0 bridgehead atoms. The summed E-state index contributed by atoms with van der Waals surface area (Å²) in [5.74, 6) is 2.53. The summed E-state index contributed by atoms with van der Waals surface area (Å²) in [6.07, 6.45) is 9.59. The first-order valence-electron chi connectivity index (χ1n) is 8.37. The standard InChI is InChI=1S/C17H33NO/c1-13-6-5-9-17(11-13,12-18-4)19-16-8-7-14(2)15(3)10-16/h13-16,18H,5-12H2,1-4H3. The van der Waals surface area contributed by atoms with Crippen molar-refractivity contribution < 1.29 is 4.74 Å². The molecule has 5 unspecified atom stereocenters. The highest BCUT2D eigenvalue weighted by atomic mass is 16.5. The molecule has 0 aromatic carbocycles. The van der Waals surface area contributed by atoms with Gasteiger partial charge >= 0.3 is 0 Å². The minimum atomic E-state index is 0.122. The molecule has 0 spiro atoms. The van der Waals surface area contributed by atoms with Gasteiger partial charge in [-0.2, -0.15) is 0 Å². The molecule has 2 aliphatic rings. The fraction of sp³-hybridized carbons (Fsp3) is 1.00. The van der Waals surface area contributed by atoms with Gasteiger partial charge in [-0.25, -0.2) is 0 Å². The van der Waals surface area contributed by atoms with Crippen molar-refractivity contribution in [3.63, 3.8) is 0 Å². The van der Waals surface area contributed by atoms with E-state index in [9.17, 15) is 0 Å². The van der Waals surface area contributed by atoms with Crippen molar-refractivity contribution in [3.05, 3.63) is 0 Å². The number of hydrogen-bond acceptors (Lipinski definition) is 2. The fourth-order valence-electron chi connectivity index (χ4n) is 4.20. The Balaban J connectivity index is 1.96. The third-order valence-electron chi connectivity index (χ3n) is 5.52. The van der Waals surface area contributed by atoms with Gasteiger partial charge in [0.1, 0.15) is 0 Å². The second-order valence-electron chi connectivity index (χ2n) is 7.42. The lowest BCUT2D eigenvalue weighted by Crippen LogP contribution is -2.48. The quantitative estimate of drug-likeness (QED) is 0.831. The molecule has 0 aromatic rings. The molecule has 0 heterocycles. The Kier molecular flexibility index (Phi) is 5.30. The summed E-state index contributed by atoms with van der Waals surface area (Å²) >= 11 is 0. The fourth-order valence-corrected chi connectivity index (χ4v) is 4.20. The first-order chi connectivity index (χ1) is 9.04. The number of likely N-dealkylation sites (N-methyl/N-ethyl adjacent to an activating group) is 1. The lowest BCUT2D eigenvalue weighted by atomic mass is 9.77. The Hall–Kier alpha value is -0.0800. The van der Waals surface area contributed by atoms with Crippen molar-refractivity contribution in [2.75, 3.05) is 13.6 Å². The van der Waals surface area contributed by atoms with E-state index in [1.165, 1.54) is 44.9 Å². The van der Waals surface area contributed by atoms with Crippen LogP contribution in [0.2, 0.25) is 0 Å². The van der Waals surface area contributed by atoms with Gasteiger partial charge in [-0.3, -0.25) is 0 Å². The normalized spacial score (nSPS) is 44.2. The summed E-state index contributed by atoms with van der Waals surface area (Å²) in [6, 6.07) is 0. The maximum absolute atomic E-state index is 6.69. The van der Waals surface area contributed by atoms with Crippen molar-refractivity contribution in [1.82, 2.24) is 5.32 Å². The van der Waals surface area contributed by atoms with Crippen LogP contribution in [0.3, 0.4) is 0 Å². The van der Waals surface area contributed by atoms with Crippen LogP contribution in [0.25, 0.3) is 0 Å². The van der Waals surface area contributed by atoms with Crippen LogP contribution in [0, 0.1) is 17.8 Å². The highest BCUT2D eigenvalue weighted by Crippen LogP contribution is 2.39. The molecular weight excluding hydrogens is 234 g/mol. The van der Waals surface area contributed by atoms with E-state index in [4.69, 9.17) is 4.74 Å². The lowest BCUT2D eigenvalue weighted by molar-refractivity contribution is -0.137. The maximum atomic E-state index is 6.69. The monoisotopic (exact) mass is 267 g/mol. The molecule has 5 atom stereocenters. The number of rotatable bonds is 4. The Morgan fingerprint density at radius 1 is 1.11 bits per heavy atom. The molecule has 0 amide bonds. The minimum absolute atomic E-state index is 0.122. The number of ether oxygens (including phenoxy) is 1. The molecule has 0 saturated heterocycles. The van der Waals surface area contributed by atoms with Crippen LogP contribution in [0.4, 0.5) is 0 Å². The molecule has 19 heavy (non-hydrogen) atoms. The van der Waals surface area contributed by atoms with E-state index < -0.39 is 0 Å². The summed E-state index contributed by atoms with van der Waals surface area (Å²) in [7, 11) is 2.07. The number of hydrogen-bond donors (Lipinski definition) is 1. The zero-order chi connectivity index (χ0) is 13.9. The zero-order valence-corrected chi connectivity index (χ0v) is 13.4. The van der Waals surface area contributed by atoms with E-state index in [1.54, 1.807) is 0 Å². The summed E-state index contributed by atoms with van der Waals surface area (Å²) in [6.45, 7) is 8.21. The van der Waals surface area contributed by atoms with Crippen molar-refractivity contribution in [1.29, 1.82) is 0 Å². The van der Waals surface area contributed by atoms with Crippen molar-refractivity contribution in [2.45, 2.75) is 77.4 Å². The molecule has 2 saturated carbocycles. The second kappa shape index (κ2) is 6.58.